The third-order valence-electron chi connectivity index (χ3n) is 4.44. The molecule has 0 spiro atoms. The number of amides is 1. The number of para-hydroxylation sites is 4. The molecule has 0 saturated carbocycles. The minimum Gasteiger partial charge on any atom is -0.489 e. The van der Waals surface area contributed by atoms with Crippen LogP contribution >= 0.6 is 23.2 Å². The summed E-state index contributed by atoms with van der Waals surface area (Å²) in [7, 11) is 0. The van der Waals surface area contributed by atoms with Crippen molar-refractivity contribution in [3.8, 4) is 5.75 Å². The molecular formula is C24H24Cl2N2O3. The summed E-state index contributed by atoms with van der Waals surface area (Å²) in [6.07, 6.45) is 0.165. The van der Waals surface area contributed by atoms with Gasteiger partial charge in [-0.25, -0.2) is 0 Å². The van der Waals surface area contributed by atoms with Gasteiger partial charge >= 0.3 is 0 Å². The predicted molar refractivity (Wildman–Crippen MR) is 127 cm³/mol. The second kappa shape index (κ2) is 11.6. The van der Waals surface area contributed by atoms with Crippen molar-refractivity contribution in [3.05, 3.63) is 82.3 Å². The molecule has 1 amide bonds. The van der Waals surface area contributed by atoms with Gasteiger partial charge in [0.1, 0.15) is 12.4 Å². The van der Waals surface area contributed by atoms with E-state index in [9.17, 15) is 4.79 Å². The topological polar surface area (TPSA) is 59.6 Å². The van der Waals surface area contributed by atoms with Gasteiger partial charge in [-0.2, -0.15) is 0 Å². The van der Waals surface area contributed by atoms with E-state index in [0.717, 1.165) is 11.3 Å². The molecule has 0 radical (unpaired) electrons. The molecule has 0 aromatic heterocycles. The van der Waals surface area contributed by atoms with Crippen molar-refractivity contribution in [1.29, 1.82) is 0 Å². The van der Waals surface area contributed by atoms with Crippen molar-refractivity contribution >= 4 is 46.2 Å². The zero-order chi connectivity index (χ0) is 22.1. The Kier molecular flexibility index (Phi) is 8.59. The monoisotopic (exact) mass is 458 g/mol. The lowest BCUT2D eigenvalue weighted by molar-refractivity contribution is -0.115. The Morgan fingerprint density at radius 3 is 2.29 bits per heavy atom. The summed E-state index contributed by atoms with van der Waals surface area (Å²) in [6.45, 7) is 3.46. The standard InChI is InChI=1S/C24H24Cl2N2O3/c1-2-30-14-15-31-22-13-6-5-12-21(22)27-23(29)16-17-8-3-4-11-20(17)28-24-18(25)9-7-10-19(24)26/h3-13,28H,2,14-16H2,1H3,(H,27,29). The van der Waals surface area contributed by atoms with E-state index < -0.39 is 0 Å². The number of nitrogens with one attached hydrogen (secondary N) is 2. The Morgan fingerprint density at radius 1 is 0.871 bits per heavy atom. The molecule has 3 aromatic carbocycles. The Balaban J connectivity index is 1.70. The smallest absolute Gasteiger partial charge is 0.228 e. The summed E-state index contributed by atoms with van der Waals surface area (Å²) in [6, 6.07) is 20.2. The molecule has 162 valence electrons. The van der Waals surface area contributed by atoms with Crippen LogP contribution < -0.4 is 15.4 Å². The van der Waals surface area contributed by atoms with E-state index >= 15 is 0 Å². The average Bonchev–Trinajstić information content (AvgIpc) is 2.76. The number of hydrogen-bond acceptors (Lipinski definition) is 4. The summed E-state index contributed by atoms with van der Waals surface area (Å²) in [4.78, 5) is 12.8. The van der Waals surface area contributed by atoms with Crippen molar-refractivity contribution in [2.45, 2.75) is 13.3 Å². The molecule has 2 N–H and O–H groups in total. The molecule has 0 saturated heterocycles. The van der Waals surface area contributed by atoms with E-state index in [0.29, 0.717) is 47.0 Å². The van der Waals surface area contributed by atoms with Crippen molar-refractivity contribution in [3.63, 3.8) is 0 Å². The van der Waals surface area contributed by atoms with Gasteiger partial charge in [-0.05, 0) is 42.8 Å². The first-order chi connectivity index (χ1) is 15.1. The highest BCUT2D eigenvalue weighted by Crippen LogP contribution is 2.33. The van der Waals surface area contributed by atoms with Crippen molar-refractivity contribution < 1.29 is 14.3 Å². The van der Waals surface area contributed by atoms with Crippen LogP contribution in [-0.4, -0.2) is 25.7 Å². The number of carbonyl (C=O) groups excluding carboxylic acids is 1. The number of anilines is 3. The first kappa shape index (κ1) is 22.9. The molecule has 5 nitrogen and oxygen atoms in total. The predicted octanol–water partition coefficient (Wildman–Crippen LogP) is 6.33. The Hall–Kier alpha value is -2.73. The summed E-state index contributed by atoms with van der Waals surface area (Å²) in [5, 5.41) is 7.19. The van der Waals surface area contributed by atoms with E-state index in [2.05, 4.69) is 10.6 Å². The fourth-order valence-corrected chi connectivity index (χ4v) is 3.46. The van der Waals surface area contributed by atoms with Crippen LogP contribution in [-0.2, 0) is 16.0 Å². The van der Waals surface area contributed by atoms with E-state index in [1.165, 1.54) is 0 Å². The van der Waals surface area contributed by atoms with Crippen LogP contribution in [0.2, 0.25) is 10.0 Å². The highest BCUT2D eigenvalue weighted by molar-refractivity contribution is 6.39. The molecule has 31 heavy (non-hydrogen) atoms. The molecule has 3 aromatic rings. The van der Waals surface area contributed by atoms with Gasteiger partial charge < -0.3 is 20.1 Å². The van der Waals surface area contributed by atoms with Crippen LogP contribution in [0.15, 0.2) is 66.7 Å². The average molecular weight is 459 g/mol. The fraction of sp³-hybridized carbons (Fsp3) is 0.208. The van der Waals surface area contributed by atoms with Gasteiger partial charge in [-0.15, -0.1) is 0 Å². The van der Waals surface area contributed by atoms with Crippen molar-refractivity contribution in [1.82, 2.24) is 0 Å². The van der Waals surface area contributed by atoms with Gasteiger partial charge in [0.15, 0.2) is 0 Å². The molecule has 0 bridgehead atoms. The van der Waals surface area contributed by atoms with Gasteiger partial charge in [0.05, 0.1) is 34.4 Å². The van der Waals surface area contributed by atoms with Gasteiger partial charge in [0, 0.05) is 12.3 Å². The Morgan fingerprint density at radius 2 is 1.55 bits per heavy atom. The highest BCUT2D eigenvalue weighted by atomic mass is 35.5. The molecule has 3 rings (SSSR count). The first-order valence-electron chi connectivity index (χ1n) is 9.97. The van der Waals surface area contributed by atoms with Crippen molar-refractivity contribution in [2.24, 2.45) is 0 Å². The maximum atomic E-state index is 12.8. The van der Waals surface area contributed by atoms with Crippen LogP contribution in [0, 0.1) is 0 Å². The quantitative estimate of drug-likeness (QED) is 0.348. The highest BCUT2D eigenvalue weighted by Gasteiger charge is 2.13. The summed E-state index contributed by atoms with van der Waals surface area (Å²) >= 11 is 12.5. The minimum absolute atomic E-state index is 0.165. The second-order valence-electron chi connectivity index (χ2n) is 6.65. The third-order valence-corrected chi connectivity index (χ3v) is 5.07. The van der Waals surface area contributed by atoms with Crippen LogP contribution in [0.5, 0.6) is 5.75 Å². The number of rotatable bonds is 10. The van der Waals surface area contributed by atoms with E-state index in [4.69, 9.17) is 32.7 Å². The van der Waals surface area contributed by atoms with Crippen molar-refractivity contribution in [2.75, 3.05) is 30.5 Å². The number of halogens is 2. The number of carbonyl (C=O) groups is 1. The lowest BCUT2D eigenvalue weighted by Crippen LogP contribution is -2.16. The largest absolute Gasteiger partial charge is 0.489 e. The molecule has 0 heterocycles. The van der Waals surface area contributed by atoms with Crippen LogP contribution in [0.1, 0.15) is 12.5 Å². The van der Waals surface area contributed by atoms with E-state index in [1.807, 2.05) is 55.5 Å². The van der Waals surface area contributed by atoms with Gasteiger partial charge in [0.2, 0.25) is 5.91 Å². The third kappa shape index (κ3) is 6.62. The number of hydrogen-bond donors (Lipinski definition) is 2. The van der Waals surface area contributed by atoms with Crippen LogP contribution in [0.4, 0.5) is 17.1 Å². The molecule has 0 unspecified atom stereocenters. The molecular weight excluding hydrogens is 435 g/mol. The SMILES string of the molecule is CCOCCOc1ccccc1NC(=O)Cc1ccccc1Nc1c(Cl)cccc1Cl. The number of benzene rings is 3. The van der Waals surface area contributed by atoms with Gasteiger partial charge in [-0.1, -0.05) is 59.6 Å². The minimum atomic E-state index is -0.166. The Bertz CT molecular complexity index is 1010. The zero-order valence-electron chi connectivity index (χ0n) is 17.2. The zero-order valence-corrected chi connectivity index (χ0v) is 18.7. The number of ether oxygens (including phenoxy) is 2. The fourth-order valence-electron chi connectivity index (χ4n) is 2.97. The molecule has 0 aliphatic carbocycles. The second-order valence-corrected chi connectivity index (χ2v) is 7.46. The first-order valence-corrected chi connectivity index (χ1v) is 10.7. The van der Waals surface area contributed by atoms with E-state index in [-0.39, 0.29) is 12.3 Å². The lowest BCUT2D eigenvalue weighted by Gasteiger charge is -2.15. The normalized spacial score (nSPS) is 10.5. The molecule has 0 atom stereocenters. The lowest BCUT2D eigenvalue weighted by atomic mass is 10.1. The molecule has 0 fully saturated rings. The summed E-state index contributed by atoms with van der Waals surface area (Å²) < 4.78 is 11.0. The summed E-state index contributed by atoms with van der Waals surface area (Å²) in [5.74, 6) is 0.435. The molecule has 7 heteroatoms. The van der Waals surface area contributed by atoms with Gasteiger partial charge in [0.25, 0.3) is 0 Å². The van der Waals surface area contributed by atoms with Crippen LogP contribution in [0.3, 0.4) is 0 Å². The van der Waals surface area contributed by atoms with Gasteiger partial charge in [-0.3, -0.25) is 4.79 Å². The molecule has 0 aliphatic heterocycles. The van der Waals surface area contributed by atoms with Crippen LogP contribution in [0.25, 0.3) is 0 Å². The maximum Gasteiger partial charge on any atom is 0.228 e. The Labute approximate surface area is 192 Å². The van der Waals surface area contributed by atoms with E-state index in [1.54, 1.807) is 18.2 Å². The molecule has 0 aliphatic rings. The summed E-state index contributed by atoms with van der Waals surface area (Å²) in [5.41, 5.74) is 2.79. The maximum absolute atomic E-state index is 12.8.